The molecule has 2 aromatic rings. The Morgan fingerprint density at radius 2 is 1.91 bits per heavy atom. The molecule has 0 atom stereocenters. The van der Waals surface area contributed by atoms with Crippen LogP contribution in [0, 0.1) is 0 Å². The average molecular weight is 474 g/mol. The van der Waals surface area contributed by atoms with E-state index in [9.17, 15) is 0 Å². The molecule has 1 spiro atoms. The van der Waals surface area contributed by atoms with Gasteiger partial charge in [0.25, 0.3) is 0 Å². The van der Waals surface area contributed by atoms with E-state index in [0.29, 0.717) is 23.2 Å². The van der Waals surface area contributed by atoms with Crippen LogP contribution in [0.25, 0.3) is 0 Å². The van der Waals surface area contributed by atoms with E-state index in [1.54, 1.807) is 26.7 Å². The van der Waals surface area contributed by atoms with Crippen molar-refractivity contribution in [3.8, 4) is 11.5 Å². The molecule has 4 rings (SSSR count). The Morgan fingerprint density at radius 3 is 2.64 bits per heavy atom. The van der Waals surface area contributed by atoms with Crippen molar-refractivity contribution in [3.05, 3.63) is 36.3 Å². The fraction of sp³-hybridized carbons (Fsp3) is 0.522. The first-order chi connectivity index (χ1) is 16.1. The van der Waals surface area contributed by atoms with Gasteiger partial charge in [-0.05, 0) is 42.8 Å². The van der Waals surface area contributed by atoms with Crippen molar-refractivity contribution in [2.45, 2.75) is 31.5 Å². The van der Waals surface area contributed by atoms with Gasteiger partial charge in [0.15, 0.2) is 28.2 Å². The maximum absolute atomic E-state index is 5.95. The third kappa shape index (κ3) is 5.82. The molecule has 2 aliphatic heterocycles. The van der Waals surface area contributed by atoms with Crippen molar-refractivity contribution in [2.24, 2.45) is 0 Å². The van der Waals surface area contributed by atoms with Gasteiger partial charge in [-0.2, -0.15) is 0 Å². The van der Waals surface area contributed by atoms with E-state index in [1.807, 2.05) is 18.2 Å². The lowest BCUT2D eigenvalue weighted by atomic mass is 10.0. The number of nitrogens with zero attached hydrogens (tertiary/aromatic N) is 3. The number of anilines is 2. The Bertz CT molecular complexity index is 944. The summed E-state index contributed by atoms with van der Waals surface area (Å²) < 4.78 is 22.6. The van der Waals surface area contributed by atoms with E-state index in [1.165, 1.54) is 0 Å². The predicted molar refractivity (Wildman–Crippen MR) is 130 cm³/mol. The monoisotopic (exact) mass is 473 g/mol. The zero-order valence-corrected chi connectivity index (χ0v) is 20.0. The minimum absolute atomic E-state index is 0.434. The average Bonchev–Trinajstić information content (AvgIpc) is 2.85. The van der Waals surface area contributed by atoms with Crippen LogP contribution in [-0.4, -0.2) is 67.9 Å². The molecule has 0 aliphatic carbocycles. The third-order valence-corrected chi connectivity index (χ3v) is 6.18. The first-order valence-corrected chi connectivity index (χ1v) is 11.6. The summed E-state index contributed by atoms with van der Waals surface area (Å²) in [5, 5.41) is 7.04. The summed E-state index contributed by atoms with van der Waals surface area (Å²) in [6, 6.07) is 5.90. The van der Waals surface area contributed by atoms with E-state index in [0.717, 1.165) is 69.1 Å². The SMILES string of the molecule is COc1ccc(CCNC(=S)Nc2cncnc2N2CCC3(CC2)OCCCO3)cc1OC. The molecule has 2 saturated heterocycles. The van der Waals surface area contributed by atoms with Gasteiger partial charge in [0.05, 0.1) is 33.6 Å². The minimum Gasteiger partial charge on any atom is -0.493 e. The van der Waals surface area contributed by atoms with Gasteiger partial charge in [0, 0.05) is 32.5 Å². The number of aromatic nitrogens is 2. The highest BCUT2D eigenvalue weighted by atomic mass is 32.1. The van der Waals surface area contributed by atoms with Crippen molar-refractivity contribution in [1.82, 2.24) is 15.3 Å². The van der Waals surface area contributed by atoms with Crippen LogP contribution in [0.3, 0.4) is 0 Å². The van der Waals surface area contributed by atoms with Crippen LogP contribution in [-0.2, 0) is 15.9 Å². The maximum atomic E-state index is 5.95. The van der Waals surface area contributed by atoms with Crippen molar-refractivity contribution >= 4 is 28.8 Å². The predicted octanol–water partition coefficient (Wildman–Crippen LogP) is 2.76. The zero-order valence-electron chi connectivity index (χ0n) is 19.1. The Kier molecular flexibility index (Phi) is 7.79. The Morgan fingerprint density at radius 1 is 1.15 bits per heavy atom. The van der Waals surface area contributed by atoms with Gasteiger partial charge in [-0.1, -0.05) is 6.07 Å². The van der Waals surface area contributed by atoms with Crippen molar-refractivity contribution in [1.29, 1.82) is 0 Å². The number of nitrogens with one attached hydrogen (secondary N) is 2. The molecule has 1 aromatic carbocycles. The highest BCUT2D eigenvalue weighted by Gasteiger charge is 2.39. The number of rotatable bonds is 7. The van der Waals surface area contributed by atoms with Gasteiger partial charge >= 0.3 is 0 Å². The second-order valence-electron chi connectivity index (χ2n) is 8.03. The van der Waals surface area contributed by atoms with Gasteiger partial charge in [-0.25, -0.2) is 9.97 Å². The molecular weight excluding hydrogens is 442 g/mol. The Hall–Kier alpha value is -2.69. The second kappa shape index (κ2) is 11.0. The maximum Gasteiger partial charge on any atom is 0.171 e. The number of methoxy groups -OCH3 is 2. The molecule has 0 amide bonds. The summed E-state index contributed by atoms with van der Waals surface area (Å²) in [5.41, 5.74) is 1.91. The Balaban J connectivity index is 1.30. The fourth-order valence-electron chi connectivity index (χ4n) is 4.15. The van der Waals surface area contributed by atoms with Gasteiger partial charge in [0.1, 0.15) is 12.0 Å². The van der Waals surface area contributed by atoms with E-state index < -0.39 is 5.79 Å². The van der Waals surface area contributed by atoms with Crippen LogP contribution in [0.4, 0.5) is 11.5 Å². The van der Waals surface area contributed by atoms with Crippen LogP contribution < -0.4 is 25.0 Å². The lowest BCUT2D eigenvalue weighted by Gasteiger charge is -2.43. The van der Waals surface area contributed by atoms with Gasteiger partial charge in [-0.15, -0.1) is 0 Å². The molecule has 2 aliphatic rings. The molecule has 0 radical (unpaired) electrons. The number of piperidine rings is 1. The molecule has 9 nitrogen and oxygen atoms in total. The molecule has 0 saturated carbocycles. The quantitative estimate of drug-likeness (QED) is 0.585. The van der Waals surface area contributed by atoms with Crippen molar-refractivity contribution in [2.75, 3.05) is 57.3 Å². The Labute approximate surface area is 199 Å². The molecule has 10 heteroatoms. The minimum atomic E-state index is -0.434. The highest BCUT2D eigenvalue weighted by Crippen LogP contribution is 2.34. The van der Waals surface area contributed by atoms with Gasteiger partial charge < -0.3 is 34.5 Å². The molecule has 0 bridgehead atoms. The summed E-state index contributed by atoms with van der Waals surface area (Å²) in [4.78, 5) is 10.9. The molecule has 2 fully saturated rings. The fourth-order valence-corrected chi connectivity index (χ4v) is 4.36. The zero-order chi connectivity index (χ0) is 23.1. The molecule has 178 valence electrons. The first kappa shape index (κ1) is 23.5. The molecular formula is C23H31N5O4S. The summed E-state index contributed by atoms with van der Waals surface area (Å²) >= 11 is 5.52. The highest BCUT2D eigenvalue weighted by molar-refractivity contribution is 7.80. The van der Waals surface area contributed by atoms with Crippen LogP contribution in [0.5, 0.6) is 11.5 Å². The lowest BCUT2D eigenvalue weighted by molar-refractivity contribution is -0.275. The second-order valence-corrected chi connectivity index (χ2v) is 8.44. The standard InChI is InChI=1S/C23H31N5O4S/c1-29-19-5-4-17(14-20(19)30-2)6-9-25-22(33)27-18-15-24-16-26-21(18)28-10-7-23(8-11-28)31-12-3-13-32-23/h4-5,14-16H,3,6-13H2,1-2H3,(H2,25,27,33). The number of ether oxygens (including phenoxy) is 4. The van der Waals surface area contributed by atoms with Crippen LogP contribution in [0.2, 0.25) is 0 Å². The summed E-state index contributed by atoms with van der Waals surface area (Å²) in [5.74, 6) is 1.83. The van der Waals surface area contributed by atoms with Gasteiger partial charge in [-0.3, -0.25) is 0 Å². The van der Waals surface area contributed by atoms with E-state index >= 15 is 0 Å². The summed E-state index contributed by atoms with van der Waals surface area (Å²) in [7, 11) is 3.26. The first-order valence-electron chi connectivity index (χ1n) is 11.2. The number of hydrogen-bond donors (Lipinski definition) is 2. The number of thiocarbonyl (C=S) groups is 1. The molecule has 1 aromatic heterocycles. The smallest absolute Gasteiger partial charge is 0.171 e. The number of benzene rings is 1. The normalized spacial score (nSPS) is 17.5. The molecule has 0 unspecified atom stereocenters. The molecule has 2 N–H and O–H groups in total. The van der Waals surface area contributed by atoms with Crippen LogP contribution in [0.1, 0.15) is 24.8 Å². The largest absolute Gasteiger partial charge is 0.493 e. The topological polar surface area (TPSA) is 90.0 Å². The molecule has 3 heterocycles. The van der Waals surface area contributed by atoms with Crippen molar-refractivity contribution < 1.29 is 18.9 Å². The van der Waals surface area contributed by atoms with E-state index in [-0.39, 0.29) is 0 Å². The van der Waals surface area contributed by atoms with Crippen molar-refractivity contribution in [3.63, 3.8) is 0 Å². The van der Waals surface area contributed by atoms with E-state index in [2.05, 4.69) is 25.5 Å². The summed E-state index contributed by atoms with van der Waals surface area (Å²) in [6.07, 6.45) is 6.68. The third-order valence-electron chi connectivity index (χ3n) is 5.93. The lowest BCUT2D eigenvalue weighted by Crippen LogP contribution is -2.50. The number of hydrogen-bond acceptors (Lipinski definition) is 8. The van der Waals surface area contributed by atoms with Gasteiger partial charge in [0.2, 0.25) is 0 Å². The summed E-state index contributed by atoms with van der Waals surface area (Å²) in [6.45, 7) is 3.80. The molecule has 33 heavy (non-hydrogen) atoms. The van der Waals surface area contributed by atoms with Crippen LogP contribution >= 0.6 is 12.2 Å². The van der Waals surface area contributed by atoms with Crippen LogP contribution in [0.15, 0.2) is 30.7 Å². The van der Waals surface area contributed by atoms with E-state index in [4.69, 9.17) is 31.2 Å².